The number of hydrogen-bond acceptors (Lipinski definition) is 2. The molecule has 0 aromatic carbocycles. The largest absolute Gasteiger partial charge is 0.462 e. The van der Waals surface area contributed by atoms with Crippen molar-refractivity contribution in [1.29, 1.82) is 0 Å². The summed E-state index contributed by atoms with van der Waals surface area (Å²) in [6.45, 7) is 8.19. The topological polar surface area (TPSA) is 26.3 Å². The van der Waals surface area contributed by atoms with Crippen molar-refractivity contribution < 1.29 is 9.53 Å². The molecule has 1 aliphatic carbocycles. The maximum atomic E-state index is 11.0. The molecule has 1 aliphatic rings. The zero-order valence-corrected chi connectivity index (χ0v) is 9.75. The number of hydrogen-bond donors (Lipinski definition) is 0. The summed E-state index contributed by atoms with van der Waals surface area (Å²) < 4.78 is 5.40. The first-order valence-electron chi connectivity index (χ1n) is 5.68. The van der Waals surface area contributed by atoms with E-state index in [-0.39, 0.29) is 12.1 Å². The Balaban J connectivity index is 2.58. The molecule has 3 atom stereocenters. The minimum Gasteiger partial charge on any atom is -0.462 e. The van der Waals surface area contributed by atoms with Crippen LogP contribution in [0.25, 0.3) is 0 Å². The van der Waals surface area contributed by atoms with E-state index in [1.807, 2.05) is 0 Å². The van der Waals surface area contributed by atoms with Crippen molar-refractivity contribution in [2.75, 3.05) is 0 Å². The zero-order valence-electron chi connectivity index (χ0n) is 9.75. The van der Waals surface area contributed by atoms with Crippen LogP contribution in [-0.4, -0.2) is 12.1 Å². The molecule has 2 nitrogen and oxygen atoms in total. The van der Waals surface area contributed by atoms with Crippen LogP contribution in [-0.2, 0) is 9.53 Å². The molecule has 0 aliphatic heterocycles. The molecule has 82 valence electrons. The lowest BCUT2D eigenvalue weighted by molar-refractivity contribution is -0.153. The minimum absolute atomic E-state index is 0.130. The fourth-order valence-electron chi connectivity index (χ4n) is 2.46. The summed E-state index contributed by atoms with van der Waals surface area (Å²) in [4.78, 5) is 11.0. The Kier molecular flexibility index (Phi) is 3.97. The van der Waals surface area contributed by atoms with Crippen LogP contribution in [0.5, 0.6) is 0 Å². The third-order valence-corrected chi connectivity index (χ3v) is 3.28. The Hall–Kier alpha value is -0.530. The van der Waals surface area contributed by atoms with Crippen molar-refractivity contribution in [3.63, 3.8) is 0 Å². The number of carbonyl (C=O) groups excluding carboxylic acids is 1. The van der Waals surface area contributed by atoms with Gasteiger partial charge in [0.05, 0.1) is 0 Å². The summed E-state index contributed by atoms with van der Waals surface area (Å²) in [5.74, 6) is 1.76. The van der Waals surface area contributed by atoms with Crippen LogP contribution >= 0.6 is 0 Å². The highest BCUT2D eigenvalue weighted by Crippen LogP contribution is 2.35. The van der Waals surface area contributed by atoms with Crippen molar-refractivity contribution in [2.24, 2.45) is 17.8 Å². The third-order valence-electron chi connectivity index (χ3n) is 3.28. The van der Waals surface area contributed by atoms with Crippen molar-refractivity contribution in [3.8, 4) is 0 Å². The van der Waals surface area contributed by atoms with Crippen LogP contribution in [0.15, 0.2) is 0 Å². The number of ether oxygens (including phenoxy) is 1. The second-order valence-electron chi connectivity index (χ2n) is 4.97. The minimum atomic E-state index is -0.130. The highest BCUT2D eigenvalue weighted by molar-refractivity contribution is 5.66. The first-order valence-corrected chi connectivity index (χ1v) is 5.68. The molecular formula is C12H22O2. The van der Waals surface area contributed by atoms with Gasteiger partial charge in [-0.15, -0.1) is 0 Å². The number of carbonyl (C=O) groups is 1. The van der Waals surface area contributed by atoms with Crippen molar-refractivity contribution in [2.45, 2.75) is 53.1 Å². The molecule has 1 saturated carbocycles. The SMILES string of the molecule is CC(=O)O[C@@H]1C[C@@H](C)CCC1C(C)C. The molecule has 0 radical (unpaired) electrons. The van der Waals surface area contributed by atoms with Crippen LogP contribution < -0.4 is 0 Å². The number of esters is 1. The molecule has 1 unspecified atom stereocenters. The molecule has 0 bridgehead atoms. The standard InChI is InChI=1S/C12H22O2/c1-8(2)11-6-5-9(3)7-12(11)14-10(4)13/h8-9,11-12H,5-7H2,1-4H3/t9-,11?,12+/m0/s1. The summed E-state index contributed by atoms with van der Waals surface area (Å²) in [6, 6.07) is 0. The molecule has 0 amide bonds. The van der Waals surface area contributed by atoms with E-state index in [1.54, 1.807) is 0 Å². The van der Waals surface area contributed by atoms with Gasteiger partial charge in [-0.25, -0.2) is 0 Å². The first kappa shape index (κ1) is 11.5. The monoisotopic (exact) mass is 198 g/mol. The summed E-state index contributed by atoms with van der Waals surface area (Å²) >= 11 is 0. The van der Waals surface area contributed by atoms with Crippen molar-refractivity contribution in [3.05, 3.63) is 0 Å². The van der Waals surface area contributed by atoms with E-state index in [4.69, 9.17) is 4.74 Å². The molecule has 0 spiro atoms. The van der Waals surface area contributed by atoms with Crippen molar-refractivity contribution >= 4 is 5.97 Å². The molecule has 1 rings (SSSR count). The maximum Gasteiger partial charge on any atom is 0.302 e. The van der Waals surface area contributed by atoms with Gasteiger partial charge in [-0.3, -0.25) is 4.79 Å². The lowest BCUT2D eigenvalue weighted by atomic mass is 9.75. The lowest BCUT2D eigenvalue weighted by Gasteiger charge is -2.36. The fourth-order valence-corrected chi connectivity index (χ4v) is 2.46. The maximum absolute atomic E-state index is 11.0. The molecule has 0 saturated heterocycles. The van der Waals surface area contributed by atoms with Gasteiger partial charge in [-0.2, -0.15) is 0 Å². The van der Waals surface area contributed by atoms with Gasteiger partial charge in [0.15, 0.2) is 0 Å². The molecule has 14 heavy (non-hydrogen) atoms. The van der Waals surface area contributed by atoms with Crippen LogP contribution in [0.1, 0.15) is 47.0 Å². The van der Waals surface area contributed by atoms with E-state index in [0.717, 1.165) is 6.42 Å². The van der Waals surface area contributed by atoms with Crippen LogP contribution in [0.3, 0.4) is 0 Å². The summed E-state index contributed by atoms with van der Waals surface area (Å²) in [5, 5.41) is 0. The van der Waals surface area contributed by atoms with Gasteiger partial charge in [0.1, 0.15) is 6.10 Å². The second-order valence-corrected chi connectivity index (χ2v) is 4.97. The Labute approximate surface area is 87.0 Å². The van der Waals surface area contributed by atoms with Gasteiger partial charge in [-0.05, 0) is 30.6 Å². The van der Waals surface area contributed by atoms with Crippen LogP contribution in [0, 0.1) is 17.8 Å². The van der Waals surface area contributed by atoms with Crippen LogP contribution in [0.4, 0.5) is 0 Å². The van der Waals surface area contributed by atoms with Gasteiger partial charge in [0, 0.05) is 6.92 Å². The van der Waals surface area contributed by atoms with E-state index < -0.39 is 0 Å². The van der Waals surface area contributed by atoms with E-state index in [2.05, 4.69) is 20.8 Å². The quantitative estimate of drug-likeness (QED) is 0.637. The molecular weight excluding hydrogens is 176 g/mol. The molecule has 0 heterocycles. The Morgan fingerprint density at radius 1 is 1.36 bits per heavy atom. The van der Waals surface area contributed by atoms with Gasteiger partial charge in [0.2, 0.25) is 0 Å². The molecule has 0 aromatic heterocycles. The normalized spacial score (nSPS) is 33.1. The third kappa shape index (κ3) is 3.00. The Morgan fingerprint density at radius 2 is 2.00 bits per heavy atom. The highest BCUT2D eigenvalue weighted by Gasteiger charge is 2.32. The molecule has 2 heteroatoms. The first-order chi connectivity index (χ1) is 6.50. The Morgan fingerprint density at radius 3 is 2.50 bits per heavy atom. The average Bonchev–Trinajstić information content (AvgIpc) is 2.01. The Bertz CT molecular complexity index is 198. The van der Waals surface area contributed by atoms with E-state index in [0.29, 0.717) is 17.8 Å². The van der Waals surface area contributed by atoms with Crippen LogP contribution in [0.2, 0.25) is 0 Å². The van der Waals surface area contributed by atoms with E-state index in [1.165, 1.54) is 19.8 Å². The zero-order chi connectivity index (χ0) is 10.7. The van der Waals surface area contributed by atoms with Crippen molar-refractivity contribution in [1.82, 2.24) is 0 Å². The van der Waals surface area contributed by atoms with E-state index >= 15 is 0 Å². The van der Waals surface area contributed by atoms with Gasteiger partial charge >= 0.3 is 5.97 Å². The highest BCUT2D eigenvalue weighted by atomic mass is 16.5. The lowest BCUT2D eigenvalue weighted by Crippen LogP contribution is -2.35. The molecule has 1 fully saturated rings. The predicted octanol–water partition coefficient (Wildman–Crippen LogP) is 3.01. The summed E-state index contributed by atoms with van der Waals surface area (Å²) in [7, 11) is 0. The summed E-state index contributed by atoms with van der Waals surface area (Å²) in [6.07, 6.45) is 3.69. The number of rotatable bonds is 2. The average molecular weight is 198 g/mol. The second kappa shape index (κ2) is 4.81. The molecule has 0 N–H and O–H groups in total. The summed E-state index contributed by atoms with van der Waals surface area (Å²) in [5.41, 5.74) is 0. The van der Waals surface area contributed by atoms with Gasteiger partial charge in [-0.1, -0.05) is 27.2 Å². The van der Waals surface area contributed by atoms with E-state index in [9.17, 15) is 4.79 Å². The molecule has 0 aromatic rings. The predicted molar refractivity (Wildman–Crippen MR) is 56.9 cm³/mol. The smallest absolute Gasteiger partial charge is 0.302 e. The van der Waals surface area contributed by atoms with Gasteiger partial charge < -0.3 is 4.74 Å². The van der Waals surface area contributed by atoms with Gasteiger partial charge in [0.25, 0.3) is 0 Å². The fraction of sp³-hybridized carbons (Fsp3) is 0.917.